The second-order valence-electron chi connectivity index (χ2n) is 7.54. The van der Waals surface area contributed by atoms with Crippen LogP contribution in [0, 0.1) is 12.8 Å². The molecule has 0 spiro atoms. The second-order valence-corrected chi connectivity index (χ2v) is 9.41. The predicted octanol–water partition coefficient (Wildman–Crippen LogP) is 3.09. The lowest BCUT2D eigenvalue weighted by Crippen LogP contribution is -2.43. The van der Waals surface area contributed by atoms with Gasteiger partial charge in [-0.1, -0.05) is 30.3 Å². The van der Waals surface area contributed by atoms with E-state index in [1.54, 1.807) is 26.2 Å². The molecular weight excluding hydrogens is 418 g/mol. The Morgan fingerprint density at radius 1 is 1.26 bits per heavy atom. The number of nitrogens with zero attached hydrogens (tertiary/aromatic N) is 2. The average Bonchev–Trinajstić information content (AvgIpc) is 3.17. The van der Waals surface area contributed by atoms with E-state index in [0.717, 1.165) is 17.7 Å². The fraction of sp³-hybridized carbons (Fsp3) is 0.455. The lowest BCUT2D eigenvalue weighted by molar-refractivity contribution is -0.126. The van der Waals surface area contributed by atoms with Crippen molar-refractivity contribution in [2.75, 3.05) is 26.7 Å². The van der Waals surface area contributed by atoms with E-state index in [-0.39, 0.29) is 22.5 Å². The molecule has 1 fully saturated rings. The number of hydrogen-bond donors (Lipinski definition) is 1. The first-order chi connectivity index (χ1) is 14.9. The Labute approximate surface area is 183 Å². The van der Waals surface area contributed by atoms with Crippen LogP contribution in [0.4, 0.5) is 0 Å². The highest BCUT2D eigenvalue weighted by Crippen LogP contribution is 2.29. The summed E-state index contributed by atoms with van der Waals surface area (Å²) in [6.07, 6.45) is 5.24. The fourth-order valence-corrected chi connectivity index (χ4v) is 5.29. The molecule has 8 nitrogen and oxygen atoms in total. The number of benzene rings is 1. The zero-order valence-corrected chi connectivity index (χ0v) is 18.9. The number of aromatic nitrogens is 1. The quantitative estimate of drug-likeness (QED) is 0.667. The first-order valence-electron chi connectivity index (χ1n) is 10.4. The van der Waals surface area contributed by atoms with Gasteiger partial charge in [-0.25, -0.2) is 8.42 Å². The van der Waals surface area contributed by atoms with E-state index in [9.17, 15) is 13.2 Å². The number of aryl methyl sites for hydroxylation is 1. The van der Waals surface area contributed by atoms with Gasteiger partial charge in [-0.3, -0.25) is 4.79 Å². The summed E-state index contributed by atoms with van der Waals surface area (Å²) in [6.45, 7) is 4.84. The molecule has 0 radical (unpaired) electrons. The molecule has 9 heteroatoms. The van der Waals surface area contributed by atoms with Gasteiger partial charge in [0.1, 0.15) is 11.4 Å². The van der Waals surface area contributed by atoms with Crippen molar-refractivity contribution in [2.45, 2.75) is 38.0 Å². The number of hydrogen-bond acceptors (Lipinski definition) is 6. The molecule has 0 unspecified atom stereocenters. The number of rotatable bonds is 8. The average molecular weight is 448 g/mol. The minimum atomic E-state index is -3.79. The summed E-state index contributed by atoms with van der Waals surface area (Å²) >= 11 is 0. The van der Waals surface area contributed by atoms with Crippen molar-refractivity contribution in [1.29, 1.82) is 0 Å². The molecule has 31 heavy (non-hydrogen) atoms. The number of carbonyl (C=O) groups excluding carboxylic acids is 1. The Balaban J connectivity index is 1.74. The van der Waals surface area contributed by atoms with Gasteiger partial charge >= 0.3 is 0 Å². The highest BCUT2D eigenvalue weighted by Gasteiger charge is 2.35. The molecular formula is C22H29N3O5S. The van der Waals surface area contributed by atoms with E-state index in [4.69, 9.17) is 9.26 Å². The molecule has 2 aromatic rings. The van der Waals surface area contributed by atoms with Gasteiger partial charge in [-0.2, -0.15) is 4.31 Å². The maximum atomic E-state index is 13.3. The molecule has 1 N–H and O–H groups in total. The number of amides is 1. The number of piperidine rings is 1. The SMILES string of the molecule is CCCNC(=O)C1CCN(S(=O)(=O)c2c(C)noc2/C=C\c2ccc(OC)cc2)CC1. The van der Waals surface area contributed by atoms with Gasteiger partial charge in [-0.05, 0) is 50.0 Å². The zero-order valence-electron chi connectivity index (χ0n) is 18.1. The highest BCUT2D eigenvalue weighted by atomic mass is 32.2. The number of nitrogens with one attached hydrogen (secondary N) is 1. The van der Waals surface area contributed by atoms with Gasteiger partial charge in [0.25, 0.3) is 0 Å². The van der Waals surface area contributed by atoms with Crippen LogP contribution in [0.1, 0.15) is 43.2 Å². The number of sulfonamides is 1. The van der Waals surface area contributed by atoms with Crippen LogP contribution in [0.5, 0.6) is 5.75 Å². The van der Waals surface area contributed by atoms with E-state index in [1.807, 2.05) is 31.2 Å². The summed E-state index contributed by atoms with van der Waals surface area (Å²) in [5.41, 5.74) is 1.19. The van der Waals surface area contributed by atoms with Crippen LogP contribution in [0.15, 0.2) is 33.7 Å². The third kappa shape index (κ3) is 5.34. The molecule has 1 aromatic carbocycles. The molecule has 0 saturated carbocycles. The van der Waals surface area contributed by atoms with E-state index in [0.29, 0.717) is 38.2 Å². The van der Waals surface area contributed by atoms with Crippen molar-refractivity contribution in [1.82, 2.24) is 14.8 Å². The lowest BCUT2D eigenvalue weighted by Gasteiger charge is -2.30. The number of methoxy groups -OCH3 is 1. The zero-order chi connectivity index (χ0) is 22.4. The Bertz CT molecular complexity index is 1020. The van der Waals surface area contributed by atoms with E-state index < -0.39 is 10.0 Å². The van der Waals surface area contributed by atoms with Gasteiger partial charge in [0, 0.05) is 25.6 Å². The second kappa shape index (κ2) is 10.1. The Kier molecular flexibility index (Phi) is 7.50. The molecule has 2 heterocycles. The Morgan fingerprint density at radius 2 is 1.94 bits per heavy atom. The van der Waals surface area contributed by atoms with Gasteiger partial charge in [0.2, 0.25) is 15.9 Å². The molecule has 1 aromatic heterocycles. The monoisotopic (exact) mass is 447 g/mol. The van der Waals surface area contributed by atoms with Crippen molar-refractivity contribution in [3.8, 4) is 5.75 Å². The predicted molar refractivity (Wildman–Crippen MR) is 118 cm³/mol. The fourth-order valence-electron chi connectivity index (χ4n) is 3.57. The molecule has 168 valence electrons. The Hall–Kier alpha value is -2.65. The normalized spacial score (nSPS) is 16.0. The minimum absolute atomic E-state index is 0.00294. The molecule has 1 aliphatic rings. The molecule has 1 saturated heterocycles. The van der Waals surface area contributed by atoms with E-state index >= 15 is 0 Å². The third-order valence-corrected chi connectivity index (χ3v) is 7.41. The van der Waals surface area contributed by atoms with Crippen LogP contribution < -0.4 is 10.1 Å². The maximum absolute atomic E-state index is 13.3. The topological polar surface area (TPSA) is 102 Å². The van der Waals surface area contributed by atoms with Gasteiger partial charge < -0.3 is 14.6 Å². The highest BCUT2D eigenvalue weighted by molar-refractivity contribution is 7.89. The molecule has 1 aliphatic heterocycles. The first-order valence-corrected chi connectivity index (χ1v) is 11.9. The summed E-state index contributed by atoms with van der Waals surface area (Å²) in [6, 6.07) is 7.37. The van der Waals surface area contributed by atoms with Crippen LogP contribution in [0.2, 0.25) is 0 Å². The molecule has 0 bridgehead atoms. The standard InChI is InChI=1S/C22H29N3O5S/c1-4-13-23-22(26)18-11-14-25(15-12-18)31(27,28)21-16(2)24-30-20(21)10-7-17-5-8-19(29-3)9-6-17/h5-10,18H,4,11-15H2,1-3H3,(H,23,26)/b10-7-. The van der Waals surface area contributed by atoms with Crippen LogP contribution in [0.25, 0.3) is 12.2 Å². The molecule has 3 rings (SSSR count). The first kappa shape index (κ1) is 23.0. The van der Waals surface area contributed by atoms with Crippen LogP contribution in [-0.2, 0) is 14.8 Å². The van der Waals surface area contributed by atoms with Crippen molar-refractivity contribution in [3.63, 3.8) is 0 Å². The van der Waals surface area contributed by atoms with E-state index in [1.165, 1.54) is 4.31 Å². The van der Waals surface area contributed by atoms with Crippen molar-refractivity contribution >= 4 is 28.1 Å². The summed E-state index contributed by atoms with van der Waals surface area (Å²) in [5.74, 6) is 0.776. The number of carbonyl (C=O) groups is 1. The van der Waals surface area contributed by atoms with E-state index in [2.05, 4.69) is 10.5 Å². The lowest BCUT2D eigenvalue weighted by atomic mass is 9.97. The summed E-state index contributed by atoms with van der Waals surface area (Å²) in [5, 5.41) is 6.77. The molecule has 1 amide bonds. The van der Waals surface area contributed by atoms with Gasteiger partial charge in [0.05, 0.1) is 7.11 Å². The summed E-state index contributed by atoms with van der Waals surface area (Å²) in [4.78, 5) is 12.3. The third-order valence-electron chi connectivity index (χ3n) is 5.35. The van der Waals surface area contributed by atoms with Crippen molar-refractivity contribution in [3.05, 3.63) is 41.3 Å². The van der Waals surface area contributed by atoms with Gasteiger partial charge in [0.15, 0.2) is 10.7 Å². The largest absolute Gasteiger partial charge is 0.497 e. The molecule has 0 aliphatic carbocycles. The summed E-state index contributed by atoms with van der Waals surface area (Å²) in [7, 11) is -2.19. The Morgan fingerprint density at radius 3 is 2.55 bits per heavy atom. The number of ether oxygens (including phenoxy) is 1. The van der Waals surface area contributed by atoms with Crippen LogP contribution in [-0.4, -0.2) is 50.5 Å². The summed E-state index contributed by atoms with van der Waals surface area (Å²) < 4.78 is 38.5. The molecule has 0 atom stereocenters. The van der Waals surface area contributed by atoms with Crippen molar-refractivity contribution in [2.24, 2.45) is 5.92 Å². The van der Waals surface area contributed by atoms with Crippen molar-refractivity contribution < 1.29 is 22.5 Å². The van der Waals surface area contributed by atoms with Gasteiger partial charge in [-0.15, -0.1) is 0 Å². The van der Waals surface area contributed by atoms with Crippen LogP contribution >= 0.6 is 0 Å². The van der Waals surface area contributed by atoms with Crippen LogP contribution in [0.3, 0.4) is 0 Å². The maximum Gasteiger partial charge on any atom is 0.248 e. The smallest absolute Gasteiger partial charge is 0.248 e. The minimum Gasteiger partial charge on any atom is -0.497 e.